The highest BCUT2D eigenvalue weighted by molar-refractivity contribution is 5.83. The molecule has 0 aromatic heterocycles. The van der Waals surface area contributed by atoms with Crippen LogP contribution >= 0.6 is 0 Å². The van der Waals surface area contributed by atoms with E-state index in [2.05, 4.69) is 0 Å². The number of carboxylic acids is 1. The second kappa shape index (κ2) is 4.13. The van der Waals surface area contributed by atoms with Gasteiger partial charge in [0.05, 0.1) is 5.92 Å². The molecule has 2 aliphatic carbocycles. The van der Waals surface area contributed by atoms with Gasteiger partial charge in [0, 0.05) is 6.04 Å². The third-order valence-electron chi connectivity index (χ3n) is 3.97. The largest absolute Gasteiger partial charge is 0.481 e. The monoisotopic (exact) mass is 265 g/mol. The van der Waals surface area contributed by atoms with Crippen LogP contribution in [-0.2, 0) is 9.59 Å². The number of hydrogen-bond donors (Lipinski definition) is 2. The normalized spacial score (nSPS) is 29.9. The van der Waals surface area contributed by atoms with Crippen molar-refractivity contribution in [2.24, 2.45) is 11.3 Å². The Kier molecular flexibility index (Phi) is 3.03. The predicted octanol–water partition coefficient (Wildman–Crippen LogP) is 1.70. The maximum absolute atomic E-state index is 12.1. The number of alkyl halides is 3. The van der Waals surface area contributed by atoms with Crippen LogP contribution < -0.4 is 5.32 Å². The number of carbonyl (C=O) groups excluding carboxylic acids is 1. The highest BCUT2D eigenvalue weighted by atomic mass is 19.4. The molecule has 0 bridgehead atoms. The molecule has 2 N–H and O–H groups in total. The molecule has 2 aliphatic rings. The first kappa shape index (κ1) is 13.2. The Hall–Kier alpha value is -1.27. The minimum Gasteiger partial charge on any atom is -0.481 e. The summed E-state index contributed by atoms with van der Waals surface area (Å²) in [5.74, 6) is -4.09. The lowest BCUT2D eigenvalue weighted by atomic mass is 9.76. The van der Waals surface area contributed by atoms with Crippen molar-refractivity contribution in [1.82, 2.24) is 5.32 Å². The molecule has 0 radical (unpaired) electrons. The van der Waals surface area contributed by atoms with Crippen LogP contribution in [0.1, 0.15) is 32.1 Å². The van der Waals surface area contributed by atoms with Crippen molar-refractivity contribution in [2.75, 3.05) is 0 Å². The highest BCUT2D eigenvalue weighted by Gasteiger charge is 2.52. The van der Waals surface area contributed by atoms with Gasteiger partial charge in [-0.2, -0.15) is 13.2 Å². The van der Waals surface area contributed by atoms with Gasteiger partial charge in [-0.15, -0.1) is 0 Å². The van der Waals surface area contributed by atoms with E-state index in [4.69, 9.17) is 5.11 Å². The number of carbonyl (C=O) groups is 2. The Labute approximate surface area is 102 Å². The summed E-state index contributed by atoms with van der Waals surface area (Å²) in [6.45, 7) is 0. The van der Waals surface area contributed by atoms with Crippen molar-refractivity contribution in [2.45, 2.75) is 44.3 Å². The number of hydrogen-bond acceptors (Lipinski definition) is 2. The van der Waals surface area contributed by atoms with E-state index in [9.17, 15) is 22.8 Å². The number of amides is 1. The number of carboxylic acid groups (broad SMARTS) is 1. The highest BCUT2D eigenvalue weighted by Crippen LogP contribution is 2.57. The van der Waals surface area contributed by atoms with E-state index in [1.807, 2.05) is 5.32 Å². The van der Waals surface area contributed by atoms with Gasteiger partial charge in [-0.3, -0.25) is 9.59 Å². The van der Waals surface area contributed by atoms with Crippen LogP contribution in [0.4, 0.5) is 13.2 Å². The lowest BCUT2D eigenvalue weighted by Crippen LogP contribution is -2.50. The molecular formula is C11H14F3NO3. The zero-order valence-electron chi connectivity index (χ0n) is 9.59. The fraction of sp³-hybridized carbons (Fsp3) is 0.818. The molecule has 7 heteroatoms. The fourth-order valence-electron chi connectivity index (χ4n) is 2.69. The molecular weight excluding hydrogens is 251 g/mol. The quantitative estimate of drug-likeness (QED) is 0.798. The molecule has 2 saturated carbocycles. The Morgan fingerprint density at radius 2 is 1.83 bits per heavy atom. The Balaban J connectivity index is 2.02. The fourth-order valence-corrected chi connectivity index (χ4v) is 2.69. The van der Waals surface area contributed by atoms with Crippen LogP contribution in [0.25, 0.3) is 0 Å². The molecule has 0 aliphatic heterocycles. The molecule has 0 aromatic rings. The molecule has 2 rings (SSSR count). The Bertz CT molecular complexity index is 376. The predicted molar refractivity (Wildman–Crippen MR) is 54.6 cm³/mol. The van der Waals surface area contributed by atoms with Crippen molar-refractivity contribution < 1.29 is 27.9 Å². The van der Waals surface area contributed by atoms with Gasteiger partial charge in [-0.1, -0.05) is 0 Å². The van der Waals surface area contributed by atoms with Crippen LogP contribution in [0.5, 0.6) is 0 Å². The van der Waals surface area contributed by atoms with Crippen molar-refractivity contribution in [3.63, 3.8) is 0 Å². The first-order valence-electron chi connectivity index (χ1n) is 5.84. The van der Waals surface area contributed by atoms with Crippen molar-refractivity contribution in [3.8, 4) is 0 Å². The summed E-state index contributed by atoms with van der Waals surface area (Å²) < 4.78 is 36.4. The van der Waals surface area contributed by atoms with E-state index >= 15 is 0 Å². The lowest BCUT2D eigenvalue weighted by Gasteiger charge is -2.34. The summed E-state index contributed by atoms with van der Waals surface area (Å²) in [5, 5.41) is 10.9. The van der Waals surface area contributed by atoms with E-state index in [-0.39, 0.29) is 5.41 Å². The summed E-state index contributed by atoms with van der Waals surface area (Å²) in [6, 6.07) is -0.914. The van der Waals surface area contributed by atoms with Crippen molar-refractivity contribution >= 4 is 11.9 Å². The molecule has 1 spiro atoms. The Morgan fingerprint density at radius 3 is 2.28 bits per heavy atom. The van der Waals surface area contributed by atoms with Gasteiger partial charge in [0.15, 0.2) is 0 Å². The third kappa shape index (κ3) is 2.59. The average molecular weight is 265 g/mol. The molecule has 102 valence electrons. The molecule has 2 atom stereocenters. The summed E-state index contributed by atoms with van der Waals surface area (Å²) >= 11 is 0. The number of rotatable bonds is 2. The van der Waals surface area contributed by atoms with Gasteiger partial charge in [0.2, 0.25) is 0 Å². The van der Waals surface area contributed by atoms with Crippen LogP contribution in [-0.4, -0.2) is 29.2 Å². The molecule has 0 unspecified atom stereocenters. The molecule has 0 saturated heterocycles. The molecule has 4 nitrogen and oxygen atoms in total. The number of aliphatic carboxylic acids is 1. The van der Waals surface area contributed by atoms with Crippen LogP contribution in [0.15, 0.2) is 0 Å². The van der Waals surface area contributed by atoms with Gasteiger partial charge >= 0.3 is 18.1 Å². The first-order valence-corrected chi connectivity index (χ1v) is 5.84. The van der Waals surface area contributed by atoms with Crippen molar-refractivity contribution in [1.29, 1.82) is 0 Å². The molecule has 0 aromatic carbocycles. The van der Waals surface area contributed by atoms with E-state index in [0.29, 0.717) is 19.3 Å². The van der Waals surface area contributed by atoms with E-state index < -0.39 is 30.0 Å². The van der Waals surface area contributed by atoms with Crippen LogP contribution in [0.3, 0.4) is 0 Å². The zero-order valence-corrected chi connectivity index (χ0v) is 9.59. The Morgan fingerprint density at radius 1 is 1.22 bits per heavy atom. The van der Waals surface area contributed by atoms with Crippen LogP contribution in [0.2, 0.25) is 0 Å². The maximum atomic E-state index is 12.1. The van der Waals surface area contributed by atoms with E-state index in [1.165, 1.54) is 0 Å². The smallest absolute Gasteiger partial charge is 0.471 e. The van der Waals surface area contributed by atoms with Gasteiger partial charge < -0.3 is 10.4 Å². The number of halogens is 3. The molecule has 1 amide bonds. The molecule has 18 heavy (non-hydrogen) atoms. The SMILES string of the molecule is O=C(O)[C@@H]1CC2(CC[C@@H]1NC(=O)C(F)(F)F)CC2. The second-order valence-electron chi connectivity index (χ2n) is 5.27. The topological polar surface area (TPSA) is 66.4 Å². The maximum Gasteiger partial charge on any atom is 0.471 e. The standard InChI is InChI=1S/C11H14F3NO3/c12-11(13,14)9(18)15-7-1-2-10(3-4-10)5-6(7)8(16)17/h6-7H,1-5H2,(H,15,18)(H,16,17)/t6-,7+/m1/s1. The second-order valence-corrected chi connectivity index (χ2v) is 5.27. The molecule has 2 fully saturated rings. The van der Waals surface area contributed by atoms with Crippen LogP contribution in [0, 0.1) is 11.3 Å². The minimum absolute atomic E-state index is 0.0164. The number of nitrogens with one attached hydrogen (secondary N) is 1. The summed E-state index contributed by atoms with van der Waals surface area (Å²) in [6.07, 6.45) is -1.71. The van der Waals surface area contributed by atoms with E-state index in [1.54, 1.807) is 0 Å². The lowest BCUT2D eigenvalue weighted by molar-refractivity contribution is -0.175. The zero-order chi connectivity index (χ0) is 13.6. The summed E-state index contributed by atoms with van der Waals surface area (Å²) in [5.41, 5.74) is 0.0164. The third-order valence-corrected chi connectivity index (χ3v) is 3.97. The first-order chi connectivity index (χ1) is 8.23. The van der Waals surface area contributed by atoms with Gasteiger partial charge in [-0.05, 0) is 37.5 Å². The summed E-state index contributed by atoms with van der Waals surface area (Å²) in [7, 11) is 0. The van der Waals surface area contributed by atoms with E-state index in [0.717, 1.165) is 12.8 Å². The minimum atomic E-state index is -4.96. The van der Waals surface area contributed by atoms with Crippen molar-refractivity contribution in [3.05, 3.63) is 0 Å². The average Bonchev–Trinajstić information content (AvgIpc) is 2.99. The summed E-state index contributed by atoms with van der Waals surface area (Å²) in [4.78, 5) is 21.9. The van der Waals surface area contributed by atoms with Gasteiger partial charge in [-0.25, -0.2) is 0 Å². The molecule has 0 heterocycles. The van der Waals surface area contributed by atoms with Gasteiger partial charge in [0.1, 0.15) is 0 Å². The van der Waals surface area contributed by atoms with Gasteiger partial charge in [0.25, 0.3) is 0 Å².